The van der Waals surface area contributed by atoms with Crippen LogP contribution in [-0.4, -0.2) is 38.6 Å². The lowest BCUT2D eigenvalue weighted by Crippen LogP contribution is -3.28. The molecule has 1 aromatic heterocycles. The minimum atomic E-state index is 0.0638. The molecule has 0 aliphatic carbocycles. The third kappa shape index (κ3) is 5.43. The zero-order chi connectivity index (χ0) is 17.8. The zero-order valence-corrected chi connectivity index (χ0v) is 16.5. The maximum absolute atomic E-state index is 12.3. The lowest BCUT2D eigenvalue weighted by atomic mass is 10.2. The quantitative estimate of drug-likeness (QED) is 0.695. The number of carbonyl (C=O) groups excluding carboxylic acids is 1. The van der Waals surface area contributed by atoms with Gasteiger partial charge in [0.25, 0.3) is 5.91 Å². The molecule has 0 spiro atoms. The predicted octanol–water partition coefficient (Wildman–Crippen LogP) is 1.29. The van der Waals surface area contributed by atoms with E-state index in [4.69, 9.17) is 23.2 Å². The van der Waals surface area contributed by atoms with Gasteiger partial charge in [0.15, 0.2) is 6.54 Å². The maximum Gasteiger partial charge on any atom is 0.279 e. The van der Waals surface area contributed by atoms with E-state index in [1.807, 2.05) is 25.1 Å². The normalized spacial score (nSPS) is 20.4. The van der Waals surface area contributed by atoms with Gasteiger partial charge in [0.2, 0.25) is 0 Å². The fourth-order valence-electron chi connectivity index (χ4n) is 3.19. The average Bonchev–Trinajstić information content (AvgIpc) is 2.97. The molecule has 1 fully saturated rings. The van der Waals surface area contributed by atoms with Gasteiger partial charge in [-0.3, -0.25) is 4.79 Å². The van der Waals surface area contributed by atoms with Crippen molar-refractivity contribution in [2.45, 2.75) is 13.5 Å². The number of rotatable bonds is 5. The van der Waals surface area contributed by atoms with Gasteiger partial charge in [-0.15, -0.1) is 11.3 Å². The molecule has 3 N–H and O–H groups in total. The highest BCUT2D eigenvalue weighted by Crippen LogP contribution is 2.20. The Bertz CT molecular complexity index is 742. The number of halogens is 2. The smallest absolute Gasteiger partial charge is 0.279 e. The van der Waals surface area contributed by atoms with Crippen LogP contribution < -0.4 is 15.1 Å². The summed E-state index contributed by atoms with van der Waals surface area (Å²) in [7, 11) is 0. The van der Waals surface area contributed by atoms with Crippen LogP contribution in [0, 0.1) is 6.92 Å². The molecule has 2 heterocycles. The number of hydrogen-bond donors (Lipinski definition) is 3. The van der Waals surface area contributed by atoms with Gasteiger partial charge in [-0.1, -0.05) is 23.2 Å². The molecule has 1 aliphatic rings. The van der Waals surface area contributed by atoms with E-state index >= 15 is 0 Å². The van der Waals surface area contributed by atoms with Crippen molar-refractivity contribution in [3.8, 4) is 0 Å². The molecular weight excluding hydrogens is 377 g/mol. The summed E-state index contributed by atoms with van der Waals surface area (Å²) in [6.45, 7) is 7.69. The van der Waals surface area contributed by atoms with Gasteiger partial charge in [0.05, 0.1) is 9.21 Å². The van der Waals surface area contributed by atoms with Crippen molar-refractivity contribution >= 4 is 46.1 Å². The zero-order valence-electron chi connectivity index (χ0n) is 14.2. The Hall–Kier alpha value is -1.11. The minimum Gasteiger partial charge on any atom is -0.321 e. The van der Waals surface area contributed by atoms with E-state index < -0.39 is 0 Å². The number of quaternary nitrogens is 2. The monoisotopic (exact) mass is 399 g/mol. The molecule has 1 amide bonds. The van der Waals surface area contributed by atoms with Gasteiger partial charge in [-0.05, 0) is 42.8 Å². The molecule has 25 heavy (non-hydrogen) atoms. The van der Waals surface area contributed by atoms with Gasteiger partial charge < -0.3 is 15.1 Å². The molecule has 1 saturated heterocycles. The number of aryl methyl sites for hydroxylation is 1. The van der Waals surface area contributed by atoms with Crippen LogP contribution in [0.25, 0.3) is 0 Å². The van der Waals surface area contributed by atoms with E-state index in [0.717, 1.165) is 48.3 Å². The molecule has 7 heteroatoms. The Balaban J connectivity index is 1.44. The van der Waals surface area contributed by atoms with Crippen molar-refractivity contribution in [2.75, 3.05) is 38.0 Å². The Kier molecular flexibility index (Phi) is 6.36. The number of thiophene rings is 1. The molecular formula is C18H23Cl2N3OS+2. The van der Waals surface area contributed by atoms with Crippen LogP contribution in [0.5, 0.6) is 0 Å². The number of benzene rings is 1. The molecule has 134 valence electrons. The number of amides is 1. The molecule has 0 atom stereocenters. The molecule has 0 radical (unpaired) electrons. The molecule has 1 aromatic carbocycles. The molecule has 0 saturated carbocycles. The topological polar surface area (TPSA) is 38.0 Å². The third-order valence-electron chi connectivity index (χ3n) is 4.59. The summed E-state index contributed by atoms with van der Waals surface area (Å²) in [5, 5.41) is 3.69. The van der Waals surface area contributed by atoms with Crippen LogP contribution in [0.15, 0.2) is 30.3 Å². The fourth-order valence-corrected chi connectivity index (χ4v) is 4.58. The standard InChI is InChI=1S/C18H21Cl2N3OS/c1-13-10-14(19)2-4-16(13)21-18(24)12-23-8-6-22(7-9-23)11-15-3-5-17(20)25-15/h2-5,10H,6-9,11-12H2,1H3,(H,21,24)/p+2. The summed E-state index contributed by atoms with van der Waals surface area (Å²) < 4.78 is 0.854. The van der Waals surface area contributed by atoms with Crippen LogP contribution in [0.4, 0.5) is 5.69 Å². The van der Waals surface area contributed by atoms with E-state index in [1.165, 1.54) is 9.78 Å². The van der Waals surface area contributed by atoms with Crippen LogP contribution >= 0.6 is 34.5 Å². The van der Waals surface area contributed by atoms with E-state index in [0.29, 0.717) is 11.6 Å². The highest BCUT2D eigenvalue weighted by atomic mass is 35.5. The fraction of sp³-hybridized carbons (Fsp3) is 0.389. The van der Waals surface area contributed by atoms with E-state index in [1.54, 1.807) is 22.3 Å². The number of nitrogens with one attached hydrogen (secondary N) is 3. The van der Waals surface area contributed by atoms with Gasteiger partial charge in [-0.2, -0.15) is 0 Å². The Labute approximate surface area is 162 Å². The first kappa shape index (κ1) is 18.7. The Morgan fingerprint density at radius 2 is 1.84 bits per heavy atom. The van der Waals surface area contributed by atoms with E-state index in [9.17, 15) is 4.79 Å². The highest BCUT2D eigenvalue weighted by Gasteiger charge is 2.25. The summed E-state index contributed by atoms with van der Waals surface area (Å²) in [5.41, 5.74) is 1.83. The molecule has 2 aromatic rings. The number of piperazine rings is 1. The summed E-state index contributed by atoms with van der Waals surface area (Å²) in [4.78, 5) is 16.6. The lowest BCUT2D eigenvalue weighted by Gasteiger charge is -2.29. The first-order chi connectivity index (χ1) is 12.0. The van der Waals surface area contributed by atoms with E-state index in [2.05, 4.69) is 11.4 Å². The second-order valence-electron chi connectivity index (χ2n) is 6.57. The van der Waals surface area contributed by atoms with Crippen LogP contribution in [0.1, 0.15) is 10.4 Å². The molecule has 0 unspecified atom stereocenters. The van der Waals surface area contributed by atoms with Crippen molar-refractivity contribution in [3.63, 3.8) is 0 Å². The van der Waals surface area contributed by atoms with Crippen molar-refractivity contribution in [1.82, 2.24) is 0 Å². The molecule has 3 rings (SSSR count). The predicted molar refractivity (Wildman–Crippen MR) is 104 cm³/mol. The van der Waals surface area contributed by atoms with Crippen molar-refractivity contribution in [3.05, 3.63) is 50.1 Å². The first-order valence-electron chi connectivity index (χ1n) is 8.47. The Morgan fingerprint density at radius 3 is 2.48 bits per heavy atom. The summed E-state index contributed by atoms with van der Waals surface area (Å²) in [6.07, 6.45) is 0. The van der Waals surface area contributed by atoms with Gasteiger partial charge in [0.1, 0.15) is 32.7 Å². The van der Waals surface area contributed by atoms with Crippen LogP contribution in [-0.2, 0) is 11.3 Å². The summed E-state index contributed by atoms with van der Waals surface area (Å²) in [6, 6.07) is 9.60. The third-order valence-corrected chi connectivity index (χ3v) is 6.06. The summed E-state index contributed by atoms with van der Waals surface area (Å²) >= 11 is 13.6. The SMILES string of the molecule is Cc1cc(Cl)ccc1NC(=O)C[NH+]1CC[NH+](Cc2ccc(Cl)s2)CC1. The number of anilines is 1. The Morgan fingerprint density at radius 1 is 1.12 bits per heavy atom. The molecule has 4 nitrogen and oxygen atoms in total. The number of hydrogen-bond acceptors (Lipinski definition) is 2. The highest BCUT2D eigenvalue weighted by molar-refractivity contribution is 7.16. The van der Waals surface area contributed by atoms with Gasteiger partial charge in [-0.25, -0.2) is 0 Å². The van der Waals surface area contributed by atoms with Crippen LogP contribution in [0.3, 0.4) is 0 Å². The largest absolute Gasteiger partial charge is 0.321 e. The maximum atomic E-state index is 12.3. The average molecular weight is 400 g/mol. The lowest BCUT2D eigenvalue weighted by molar-refractivity contribution is -1.01. The second-order valence-corrected chi connectivity index (χ2v) is 8.80. The number of carbonyl (C=O) groups is 1. The van der Waals surface area contributed by atoms with Crippen LogP contribution in [0.2, 0.25) is 9.36 Å². The first-order valence-corrected chi connectivity index (χ1v) is 10.0. The summed E-state index contributed by atoms with van der Waals surface area (Å²) in [5.74, 6) is 0.0638. The van der Waals surface area contributed by atoms with Crippen molar-refractivity contribution in [2.24, 2.45) is 0 Å². The molecule has 0 bridgehead atoms. The minimum absolute atomic E-state index is 0.0638. The second kappa shape index (κ2) is 8.52. The molecule has 1 aliphatic heterocycles. The van der Waals surface area contributed by atoms with E-state index in [-0.39, 0.29) is 5.91 Å². The van der Waals surface area contributed by atoms with Gasteiger partial charge >= 0.3 is 0 Å². The van der Waals surface area contributed by atoms with Crippen molar-refractivity contribution in [1.29, 1.82) is 0 Å². The van der Waals surface area contributed by atoms with Crippen molar-refractivity contribution < 1.29 is 14.6 Å². The van der Waals surface area contributed by atoms with Gasteiger partial charge in [0, 0.05) is 10.7 Å².